The zero-order chi connectivity index (χ0) is 15.7. The number of benzene rings is 1. The average Bonchev–Trinajstić information content (AvgIpc) is 2.42. The van der Waals surface area contributed by atoms with Crippen LogP contribution in [0.4, 0.5) is 0 Å². The van der Waals surface area contributed by atoms with Crippen LogP contribution in [-0.4, -0.2) is 38.6 Å². The van der Waals surface area contributed by atoms with Gasteiger partial charge in [-0.2, -0.15) is 0 Å². The number of sulfonamides is 1. The molecule has 21 heavy (non-hydrogen) atoms. The molecule has 0 aromatic heterocycles. The van der Waals surface area contributed by atoms with Gasteiger partial charge in [-0.3, -0.25) is 0 Å². The minimum Gasteiger partial charge on any atom is -0.317 e. The smallest absolute Gasteiger partial charge is 0.214 e. The molecule has 0 saturated heterocycles. The van der Waals surface area contributed by atoms with Gasteiger partial charge in [0.1, 0.15) is 0 Å². The van der Waals surface area contributed by atoms with Crippen molar-refractivity contribution >= 4 is 26.0 Å². The number of nitrogens with zero attached hydrogens (tertiary/aromatic N) is 1. The molecule has 1 aromatic carbocycles. The van der Waals surface area contributed by atoms with E-state index in [1.54, 1.807) is 7.05 Å². The highest BCUT2D eigenvalue weighted by atomic mass is 79.9. The Morgan fingerprint density at radius 2 is 2.00 bits per heavy atom. The number of hydrogen-bond donors (Lipinski definition) is 1. The molecule has 0 aliphatic heterocycles. The summed E-state index contributed by atoms with van der Waals surface area (Å²) in [6.45, 7) is 4.42. The van der Waals surface area contributed by atoms with Gasteiger partial charge in [0.05, 0.1) is 5.75 Å². The van der Waals surface area contributed by atoms with E-state index in [4.69, 9.17) is 0 Å². The Hall–Kier alpha value is -0.430. The van der Waals surface area contributed by atoms with E-state index in [9.17, 15) is 8.42 Å². The summed E-state index contributed by atoms with van der Waals surface area (Å²) in [6, 6.07) is 7.73. The van der Waals surface area contributed by atoms with E-state index in [-0.39, 0.29) is 5.75 Å². The molecule has 0 atom stereocenters. The molecule has 4 nitrogen and oxygen atoms in total. The van der Waals surface area contributed by atoms with Gasteiger partial charge in [-0.25, -0.2) is 12.7 Å². The van der Waals surface area contributed by atoms with Crippen LogP contribution in [0.2, 0.25) is 0 Å². The van der Waals surface area contributed by atoms with Crippen LogP contribution in [0.15, 0.2) is 28.7 Å². The fourth-order valence-electron chi connectivity index (χ4n) is 1.98. The second kappa shape index (κ2) is 9.56. The van der Waals surface area contributed by atoms with E-state index >= 15 is 0 Å². The molecule has 0 spiro atoms. The minimum atomic E-state index is -3.17. The zero-order valence-corrected chi connectivity index (χ0v) is 15.2. The Labute approximate surface area is 137 Å². The third-order valence-corrected chi connectivity index (χ3v) is 5.58. The van der Waals surface area contributed by atoms with Gasteiger partial charge in [0, 0.05) is 18.1 Å². The normalized spacial score (nSPS) is 12.0. The molecule has 0 radical (unpaired) electrons. The summed E-state index contributed by atoms with van der Waals surface area (Å²) in [5, 5.41) is 3.28. The molecule has 1 aromatic rings. The molecule has 0 saturated carbocycles. The Morgan fingerprint density at radius 1 is 1.24 bits per heavy atom. The molecule has 0 bridgehead atoms. The van der Waals surface area contributed by atoms with Crippen LogP contribution in [0.25, 0.3) is 0 Å². The fraction of sp³-hybridized carbons (Fsp3) is 0.600. The summed E-state index contributed by atoms with van der Waals surface area (Å²) in [6.07, 6.45) is 2.69. The summed E-state index contributed by atoms with van der Waals surface area (Å²) >= 11 is 3.40. The quantitative estimate of drug-likeness (QED) is 0.638. The van der Waals surface area contributed by atoms with Gasteiger partial charge in [0.15, 0.2) is 0 Å². The van der Waals surface area contributed by atoms with E-state index in [2.05, 4.69) is 28.2 Å². The summed E-state index contributed by atoms with van der Waals surface area (Å²) in [5.74, 6) is 0.214. The van der Waals surface area contributed by atoms with E-state index < -0.39 is 10.0 Å². The van der Waals surface area contributed by atoms with Crippen LogP contribution in [0.3, 0.4) is 0 Å². The van der Waals surface area contributed by atoms with Crippen LogP contribution in [0, 0.1) is 0 Å². The number of halogens is 1. The first-order chi connectivity index (χ1) is 9.95. The monoisotopic (exact) mass is 376 g/mol. The third-order valence-electron chi connectivity index (χ3n) is 3.20. The highest BCUT2D eigenvalue weighted by Crippen LogP contribution is 2.14. The molecule has 120 valence electrons. The lowest BCUT2D eigenvalue weighted by Gasteiger charge is -2.17. The van der Waals surface area contributed by atoms with Gasteiger partial charge < -0.3 is 5.32 Å². The second-order valence-corrected chi connectivity index (χ2v) is 8.27. The molecule has 0 aliphatic rings. The zero-order valence-electron chi connectivity index (χ0n) is 12.8. The Balaban J connectivity index is 2.39. The van der Waals surface area contributed by atoms with Crippen molar-refractivity contribution in [3.8, 4) is 0 Å². The van der Waals surface area contributed by atoms with Gasteiger partial charge in [-0.05, 0) is 50.0 Å². The summed E-state index contributed by atoms with van der Waals surface area (Å²) in [4.78, 5) is 0. The van der Waals surface area contributed by atoms with Crippen LogP contribution in [-0.2, 0) is 16.6 Å². The Bertz CT molecular complexity index is 520. The van der Waals surface area contributed by atoms with Gasteiger partial charge >= 0.3 is 0 Å². The van der Waals surface area contributed by atoms with Crippen molar-refractivity contribution < 1.29 is 8.42 Å². The van der Waals surface area contributed by atoms with E-state index in [0.29, 0.717) is 13.0 Å². The van der Waals surface area contributed by atoms with Crippen molar-refractivity contribution in [3.05, 3.63) is 34.3 Å². The van der Waals surface area contributed by atoms with E-state index in [1.165, 1.54) is 4.31 Å². The van der Waals surface area contributed by atoms with Crippen LogP contribution in [0.1, 0.15) is 31.7 Å². The van der Waals surface area contributed by atoms with Gasteiger partial charge in [0.2, 0.25) is 10.0 Å². The maximum atomic E-state index is 12.2. The van der Waals surface area contributed by atoms with E-state index in [1.807, 2.05) is 24.3 Å². The third kappa shape index (κ3) is 7.40. The maximum absolute atomic E-state index is 12.2. The minimum absolute atomic E-state index is 0.214. The highest BCUT2D eigenvalue weighted by Gasteiger charge is 2.17. The predicted octanol–water partition coefficient (Wildman–Crippen LogP) is 2.99. The van der Waals surface area contributed by atoms with Gasteiger partial charge in [-0.1, -0.05) is 35.0 Å². The molecule has 0 heterocycles. The first-order valence-electron chi connectivity index (χ1n) is 7.35. The largest absolute Gasteiger partial charge is 0.317 e. The Kier molecular flexibility index (Phi) is 8.48. The fourth-order valence-corrected chi connectivity index (χ4v) is 3.66. The van der Waals surface area contributed by atoms with Crippen molar-refractivity contribution in [2.75, 3.05) is 25.9 Å². The maximum Gasteiger partial charge on any atom is 0.214 e. The lowest BCUT2D eigenvalue weighted by Crippen LogP contribution is -2.29. The molecule has 6 heteroatoms. The van der Waals surface area contributed by atoms with Crippen LogP contribution < -0.4 is 5.32 Å². The average molecular weight is 377 g/mol. The summed E-state index contributed by atoms with van der Waals surface area (Å²) in [5.41, 5.74) is 0.986. The standard InChI is InChI=1S/C15H25BrN2O2S/c1-3-9-17-10-4-5-11-21(19,20)18(2)13-14-7-6-8-15(16)12-14/h6-8,12,17H,3-5,9-11,13H2,1-2H3. The molecule has 0 fully saturated rings. The van der Waals surface area contributed by atoms with Crippen molar-refractivity contribution in [1.82, 2.24) is 9.62 Å². The molecule has 1 N–H and O–H groups in total. The topological polar surface area (TPSA) is 49.4 Å². The van der Waals surface area contributed by atoms with Crippen molar-refractivity contribution in [1.29, 1.82) is 0 Å². The molecule has 0 unspecified atom stereocenters. The van der Waals surface area contributed by atoms with Crippen molar-refractivity contribution in [2.24, 2.45) is 0 Å². The Morgan fingerprint density at radius 3 is 2.67 bits per heavy atom. The molecule has 0 amide bonds. The SMILES string of the molecule is CCCNCCCCS(=O)(=O)N(C)Cc1cccc(Br)c1. The van der Waals surface area contributed by atoms with Crippen molar-refractivity contribution in [3.63, 3.8) is 0 Å². The number of nitrogens with one attached hydrogen (secondary N) is 1. The molecular weight excluding hydrogens is 352 g/mol. The van der Waals surface area contributed by atoms with E-state index in [0.717, 1.165) is 36.0 Å². The number of rotatable bonds is 10. The van der Waals surface area contributed by atoms with Crippen LogP contribution >= 0.6 is 15.9 Å². The lowest BCUT2D eigenvalue weighted by molar-refractivity contribution is 0.464. The van der Waals surface area contributed by atoms with Crippen LogP contribution in [0.5, 0.6) is 0 Å². The summed E-state index contributed by atoms with van der Waals surface area (Å²) < 4.78 is 26.8. The predicted molar refractivity (Wildman–Crippen MR) is 91.8 cm³/mol. The summed E-state index contributed by atoms with van der Waals surface area (Å²) in [7, 11) is -1.53. The van der Waals surface area contributed by atoms with Gasteiger partial charge in [0.25, 0.3) is 0 Å². The number of unbranched alkanes of at least 4 members (excludes halogenated alkanes) is 1. The first-order valence-corrected chi connectivity index (χ1v) is 9.75. The second-order valence-electron chi connectivity index (χ2n) is 5.16. The molecular formula is C15H25BrN2O2S. The lowest BCUT2D eigenvalue weighted by atomic mass is 10.2. The van der Waals surface area contributed by atoms with Crippen molar-refractivity contribution in [2.45, 2.75) is 32.7 Å². The molecule has 1 rings (SSSR count). The highest BCUT2D eigenvalue weighted by molar-refractivity contribution is 9.10. The number of hydrogen-bond acceptors (Lipinski definition) is 3. The first kappa shape index (κ1) is 18.6. The van der Waals surface area contributed by atoms with Gasteiger partial charge in [-0.15, -0.1) is 0 Å². The molecule has 0 aliphatic carbocycles.